The highest BCUT2D eigenvalue weighted by molar-refractivity contribution is 5.46. The molecule has 0 unspecified atom stereocenters. The Bertz CT molecular complexity index is 1210. The van der Waals surface area contributed by atoms with Crippen LogP contribution >= 0.6 is 0 Å². The molecule has 35 heavy (non-hydrogen) atoms. The zero-order valence-electron chi connectivity index (χ0n) is 19.9. The third-order valence-corrected chi connectivity index (χ3v) is 7.03. The normalized spacial score (nSPS) is 17.9. The van der Waals surface area contributed by atoms with Gasteiger partial charge in [-0.15, -0.1) is 0 Å². The molecule has 4 heterocycles. The number of fused-ring (bicyclic) bond motifs is 2. The van der Waals surface area contributed by atoms with Gasteiger partial charge in [0.25, 0.3) is 0 Å². The minimum Gasteiger partial charge on any atom is -0.454 e. The first-order chi connectivity index (χ1) is 17.1. The SMILES string of the molecule is CC1CCN(c2nc3c(c(Oc4ccc(F)cc4)n2)CN(Cc2ccc4c(c2)OCO4)CC3)CC1. The maximum Gasteiger partial charge on any atom is 0.231 e. The van der Waals surface area contributed by atoms with Crippen molar-refractivity contribution in [3.05, 3.63) is 65.1 Å². The van der Waals surface area contributed by atoms with Crippen molar-refractivity contribution in [2.24, 2.45) is 5.92 Å². The van der Waals surface area contributed by atoms with E-state index in [1.807, 2.05) is 12.1 Å². The molecule has 0 bridgehead atoms. The lowest BCUT2D eigenvalue weighted by Gasteiger charge is -2.33. The van der Waals surface area contributed by atoms with Crippen molar-refractivity contribution in [3.63, 3.8) is 0 Å². The summed E-state index contributed by atoms with van der Waals surface area (Å²) in [6.07, 6.45) is 3.09. The molecule has 0 spiro atoms. The number of hydrogen-bond acceptors (Lipinski definition) is 7. The van der Waals surface area contributed by atoms with Crippen LogP contribution in [-0.2, 0) is 19.5 Å². The number of halogens is 1. The van der Waals surface area contributed by atoms with Crippen molar-refractivity contribution in [1.82, 2.24) is 14.9 Å². The highest BCUT2D eigenvalue weighted by atomic mass is 19.1. The number of ether oxygens (including phenoxy) is 3. The van der Waals surface area contributed by atoms with Gasteiger partial charge in [-0.05, 0) is 60.7 Å². The van der Waals surface area contributed by atoms with Gasteiger partial charge >= 0.3 is 0 Å². The fourth-order valence-corrected chi connectivity index (χ4v) is 4.91. The predicted molar refractivity (Wildman–Crippen MR) is 130 cm³/mol. The standard InChI is InChI=1S/C27H29FN4O3/c1-18-8-12-32(13-9-18)27-29-23-10-11-31(15-19-2-7-24-25(14-19)34-17-33-24)16-22(23)26(30-27)35-21-5-3-20(28)4-6-21/h2-7,14,18H,8-13,15-17H2,1H3. The Labute approximate surface area is 204 Å². The molecule has 1 fully saturated rings. The summed E-state index contributed by atoms with van der Waals surface area (Å²) >= 11 is 0. The third-order valence-electron chi connectivity index (χ3n) is 7.03. The summed E-state index contributed by atoms with van der Waals surface area (Å²) in [6, 6.07) is 12.2. The first kappa shape index (κ1) is 22.1. The van der Waals surface area contributed by atoms with Crippen molar-refractivity contribution in [1.29, 1.82) is 0 Å². The number of benzene rings is 2. The Morgan fingerprint density at radius 1 is 1.00 bits per heavy atom. The van der Waals surface area contributed by atoms with Crippen molar-refractivity contribution < 1.29 is 18.6 Å². The van der Waals surface area contributed by atoms with Crippen molar-refractivity contribution in [3.8, 4) is 23.1 Å². The second kappa shape index (κ2) is 9.34. The van der Waals surface area contributed by atoms with Gasteiger partial charge in [-0.2, -0.15) is 4.98 Å². The highest BCUT2D eigenvalue weighted by Crippen LogP contribution is 2.35. The second-order valence-electron chi connectivity index (χ2n) is 9.63. The number of nitrogens with zero attached hydrogens (tertiary/aromatic N) is 4. The molecule has 7 nitrogen and oxygen atoms in total. The molecule has 0 aliphatic carbocycles. The molecule has 182 valence electrons. The molecule has 1 saturated heterocycles. The van der Waals surface area contributed by atoms with Crippen LogP contribution < -0.4 is 19.1 Å². The highest BCUT2D eigenvalue weighted by Gasteiger charge is 2.27. The topological polar surface area (TPSA) is 60.0 Å². The number of anilines is 1. The van der Waals surface area contributed by atoms with Gasteiger partial charge in [0.05, 0.1) is 11.3 Å². The van der Waals surface area contributed by atoms with E-state index in [-0.39, 0.29) is 12.6 Å². The van der Waals surface area contributed by atoms with E-state index in [1.165, 1.54) is 17.7 Å². The lowest BCUT2D eigenvalue weighted by molar-refractivity contribution is 0.174. The molecule has 0 amide bonds. The van der Waals surface area contributed by atoms with Gasteiger partial charge in [-0.25, -0.2) is 9.37 Å². The molecule has 0 N–H and O–H groups in total. The number of hydrogen-bond donors (Lipinski definition) is 0. The van der Waals surface area contributed by atoms with E-state index < -0.39 is 0 Å². The molecule has 0 atom stereocenters. The zero-order valence-corrected chi connectivity index (χ0v) is 19.9. The predicted octanol–water partition coefficient (Wildman–Crippen LogP) is 4.93. The number of aromatic nitrogens is 2. The maximum absolute atomic E-state index is 13.5. The monoisotopic (exact) mass is 476 g/mol. The van der Waals surface area contributed by atoms with E-state index in [2.05, 4.69) is 22.8 Å². The molecule has 1 aromatic heterocycles. The smallest absolute Gasteiger partial charge is 0.231 e. The summed E-state index contributed by atoms with van der Waals surface area (Å²) in [4.78, 5) is 14.5. The molecule has 3 aliphatic heterocycles. The molecule has 0 saturated carbocycles. The summed E-state index contributed by atoms with van der Waals surface area (Å²) in [7, 11) is 0. The average Bonchev–Trinajstić information content (AvgIpc) is 3.34. The Hall–Kier alpha value is -3.39. The lowest BCUT2D eigenvalue weighted by atomic mass is 9.99. The minimum atomic E-state index is -0.292. The van der Waals surface area contributed by atoms with Gasteiger partial charge in [0, 0.05) is 39.1 Å². The summed E-state index contributed by atoms with van der Waals surface area (Å²) < 4.78 is 30.7. The van der Waals surface area contributed by atoms with Gasteiger partial charge < -0.3 is 19.1 Å². The fourth-order valence-electron chi connectivity index (χ4n) is 4.91. The molecular formula is C27H29FN4O3. The van der Waals surface area contributed by atoms with Crippen LogP contribution in [0.3, 0.4) is 0 Å². The van der Waals surface area contributed by atoms with E-state index in [9.17, 15) is 4.39 Å². The Balaban J connectivity index is 1.27. The van der Waals surface area contributed by atoms with Crippen molar-refractivity contribution in [2.75, 3.05) is 31.3 Å². The van der Waals surface area contributed by atoms with Crippen molar-refractivity contribution >= 4 is 5.95 Å². The minimum absolute atomic E-state index is 0.273. The van der Waals surface area contributed by atoms with Crippen molar-refractivity contribution in [2.45, 2.75) is 39.3 Å². The third kappa shape index (κ3) is 4.75. The number of piperidine rings is 1. The van der Waals surface area contributed by atoms with Crippen LogP contribution in [0.25, 0.3) is 0 Å². The largest absolute Gasteiger partial charge is 0.454 e. The van der Waals surface area contributed by atoms with E-state index in [4.69, 9.17) is 24.2 Å². The van der Waals surface area contributed by atoms with E-state index in [0.717, 1.165) is 80.1 Å². The first-order valence-corrected chi connectivity index (χ1v) is 12.3. The molecule has 3 aromatic rings. The first-order valence-electron chi connectivity index (χ1n) is 12.3. The Morgan fingerprint density at radius 3 is 2.63 bits per heavy atom. The molecule has 8 heteroatoms. The Kier molecular flexibility index (Phi) is 5.90. The van der Waals surface area contributed by atoms with Gasteiger partial charge in [0.2, 0.25) is 18.6 Å². The lowest BCUT2D eigenvalue weighted by Crippen LogP contribution is -2.36. The van der Waals surface area contributed by atoms with Crippen LogP contribution in [0, 0.1) is 11.7 Å². The second-order valence-corrected chi connectivity index (χ2v) is 9.63. The quantitative estimate of drug-likeness (QED) is 0.517. The van der Waals surface area contributed by atoms with Gasteiger partial charge in [0.1, 0.15) is 11.6 Å². The summed E-state index contributed by atoms with van der Waals surface area (Å²) in [5.74, 6) is 3.88. The molecule has 3 aliphatic rings. The maximum atomic E-state index is 13.5. The van der Waals surface area contributed by atoms with Crippen LogP contribution in [0.5, 0.6) is 23.1 Å². The van der Waals surface area contributed by atoms with Crippen LogP contribution in [0.2, 0.25) is 0 Å². The van der Waals surface area contributed by atoms with Gasteiger partial charge in [-0.1, -0.05) is 13.0 Å². The average molecular weight is 477 g/mol. The van der Waals surface area contributed by atoms with Gasteiger partial charge in [-0.3, -0.25) is 4.90 Å². The van der Waals surface area contributed by atoms with Crippen LogP contribution in [0.4, 0.5) is 10.3 Å². The molecule has 2 aromatic carbocycles. The molecular weight excluding hydrogens is 447 g/mol. The fraction of sp³-hybridized carbons (Fsp3) is 0.407. The van der Waals surface area contributed by atoms with E-state index >= 15 is 0 Å². The zero-order chi connectivity index (χ0) is 23.8. The molecule has 6 rings (SSSR count). The summed E-state index contributed by atoms with van der Waals surface area (Å²) in [5, 5.41) is 0. The summed E-state index contributed by atoms with van der Waals surface area (Å²) in [6.45, 7) is 6.82. The van der Waals surface area contributed by atoms with Crippen LogP contribution in [0.1, 0.15) is 36.6 Å². The van der Waals surface area contributed by atoms with Crippen LogP contribution in [-0.4, -0.2) is 41.3 Å². The van der Waals surface area contributed by atoms with E-state index in [1.54, 1.807) is 12.1 Å². The summed E-state index contributed by atoms with van der Waals surface area (Å²) in [5.41, 5.74) is 3.20. The number of rotatable bonds is 5. The van der Waals surface area contributed by atoms with Crippen LogP contribution in [0.15, 0.2) is 42.5 Å². The molecule has 0 radical (unpaired) electrons. The van der Waals surface area contributed by atoms with Gasteiger partial charge in [0.15, 0.2) is 11.5 Å². The Morgan fingerprint density at radius 2 is 1.80 bits per heavy atom. The van der Waals surface area contributed by atoms with E-state index in [0.29, 0.717) is 18.2 Å².